The Morgan fingerprint density at radius 3 is 1.60 bits per heavy atom. The third kappa shape index (κ3) is 2.38. The third-order valence-corrected chi connectivity index (χ3v) is 0.803. The number of rotatable bonds is 2. The molecule has 6 heteroatoms. The maximum absolute atomic E-state index is 12.1. The summed E-state index contributed by atoms with van der Waals surface area (Å²) in [6, 6.07) is 0. The average Bonchev–Trinajstić information content (AvgIpc) is 1.65. The van der Waals surface area contributed by atoms with Gasteiger partial charge in [-0.05, 0) is 6.92 Å². The van der Waals surface area contributed by atoms with E-state index in [4.69, 9.17) is 10.2 Å². The van der Waals surface area contributed by atoms with Gasteiger partial charge in [0.15, 0.2) is 0 Å². The zero-order chi connectivity index (χ0) is 7.65. The van der Waals surface area contributed by atoms with E-state index < -0.39 is 17.6 Å². The summed E-state index contributed by atoms with van der Waals surface area (Å²) >= 11 is 0. The van der Waals surface area contributed by atoms with E-state index in [1.807, 2.05) is 0 Å². The number of aliphatic carboxylic acids is 2. The molecule has 0 saturated carbocycles. The van der Waals surface area contributed by atoms with Crippen LogP contribution in [0.15, 0.2) is 0 Å². The molecule has 0 saturated heterocycles. The van der Waals surface area contributed by atoms with Crippen LogP contribution in [0, 0.1) is 0 Å². The Kier molecular flexibility index (Phi) is 4.37. The molecule has 0 aliphatic heterocycles. The fourth-order valence-electron chi connectivity index (χ4n) is 0.0915. The summed E-state index contributed by atoms with van der Waals surface area (Å²) in [5.74, 6) is -3.98. The number of hydrogen-bond acceptors (Lipinski definition) is 2. The Hall–Kier alpha value is -0.533. The van der Waals surface area contributed by atoms with Crippen molar-refractivity contribution >= 4 is 11.9 Å². The van der Waals surface area contributed by atoms with Gasteiger partial charge >= 0.3 is 30.8 Å². The molecule has 0 rings (SSSR count). The number of halogens is 1. The first-order chi connectivity index (χ1) is 3.89. The SMILES string of the molecule is CC(F)(C(=O)O)C(=O)O.[H-].[Li+]. The van der Waals surface area contributed by atoms with Gasteiger partial charge in [-0.2, -0.15) is 0 Å². The molecule has 0 heterocycles. The topological polar surface area (TPSA) is 74.6 Å². The van der Waals surface area contributed by atoms with Crippen LogP contribution in [-0.2, 0) is 9.59 Å². The number of carboxylic acid groups (broad SMARTS) is 2. The minimum Gasteiger partial charge on any atom is -1.00 e. The van der Waals surface area contributed by atoms with Gasteiger partial charge in [-0.15, -0.1) is 0 Å². The van der Waals surface area contributed by atoms with E-state index in [1.54, 1.807) is 0 Å². The van der Waals surface area contributed by atoms with Crippen molar-refractivity contribution in [2.75, 3.05) is 0 Å². The second kappa shape index (κ2) is 3.59. The second-order valence-electron chi connectivity index (χ2n) is 1.61. The Morgan fingerprint density at radius 2 is 1.60 bits per heavy atom. The molecule has 4 nitrogen and oxygen atoms in total. The van der Waals surface area contributed by atoms with Crippen molar-refractivity contribution in [3.8, 4) is 0 Å². The Labute approximate surface area is 69.7 Å². The van der Waals surface area contributed by atoms with Crippen LogP contribution in [0.2, 0.25) is 0 Å². The summed E-state index contributed by atoms with van der Waals surface area (Å²) in [6.45, 7) is 0.470. The van der Waals surface area contributed by atoms with Gasteiger partial charge in [-0.1, -0.05) is 0 Å². The molecule has 54 valence electrons. The number of hydrogen-bond donors (Lipinski definition) is 2. The van der Waals surface area contributed by atoms with Crippen LogP contribution in [0.5, 0.6) is 0 Å². The van der Waals surface area contributed by atoms with Crippen molar-refractivity contribution in [2.45, 2.75) is 12.6 Å². The largest absolute Gasteiger partial charge is 1.00 e. The molecule has 0 aliphatic carbocycles. The average molecular weight is 144 g/mol. The third-order valence-electron chi connectivity index (χ3n) is 0.803. The Balaban J connectivity index is -0.000000320. The molecule has 0 aliphatic rings. The zero-order valence-electron chi connectivity index (χ0n) is 6.59. The van der Waals surface area contributed by atoms with E-state index in [1.165, 1.54) is 0 Å². The molecule has 2 N–H and O–H groups in total. The molecule has 0 aromatic carbocycles. The molecule has 0 amide bonds. The van der Waals surface area contributed by atoms with Crippen LogP contribution < -0.4 is 18.9 Å². The van der Waals surface area contributed by atoms with Gasteiger partial charge in [0, 0.05) is 0 Å². The van der Waals surface area contributed by atoms with Crippen LogP contribution in [0.3, 0.4) is 0 Å². The van der Waals surface area contributed by atoms with E-state index >= 15 is 0 Å². The number of alkyl halides is 1. The Bertz CT molecular complexity index is 144. The second-order valence-corrected chi connectivity index (χ2v) is 1.61. The van der Waals surface area contributed by atoms with Gasteiger partial charge in [0.05, 0.1) is 0 Å². The van der Waals surface area contributed by atoms with Gasteiger partial charge < -0.3 is 11.6 Å². The normalized spacial score (nSPS) is 9.80. The summed E-state index contributed by atoms with van der Waals surface area (Å²) < 4.78 is 12.1. The Morgan fingerprint density at radius 1 is 1.40 bits per heavy atom. The first kappa shape index (κ1) is 12.2. The minimum atomic E-state index is -3.17. The standard InChI is InChI=1S/C4H5FO4.Li.H/c1-4(5,2(6)7)3(8)9;;/h1H3,(H,6,7)(H,8,9);;/q;+1;-1. The van der Waals surface area contributed by atoms with E-state index in [-0.39, 0.29) is 20.3 Å². The van der Waals surface area contributed by atoms with Crippen molar-refractivity contribution in [1.82, 2.24) is 0 Å². The van der Waals surface area contributed by atoms with Crippen LogP contribution >= 0.6 is 0 Å². The molecule has 0 radical (unpaired) electrons. The summed E-state index contributed by atoms with van der Waals surface area (Å²) in [5.41, 5.74) is -3.17. The number of carboxylic acids is 2. The van der Waals surface area contributed by atoms with Gasteiger partial charge in [-0.25, -0.2) is 14.0 Å². The van der Waals surface area contributed by atoms with E-state index in [0.29, 0.717) is 6.92 Å². The number of carbonyl (C=O) groups is 2. The maximum atomic E-state index is 12.1. The summed E-state index contributed by atoms with van der Waals surface area (Å²) in [5, 5.41) is 15.7. The quantitative estimate of drug-likeness (QED) is 0.320. The minimum absolute atomic E-state index is 0. The van der Waals surface area contributed by atoms with E-state index in [0.717, 1.165) is 0 Å². The smallest absolute Gasteiger partial charge is 1.00 e. The van der Waals surface area contributed by atoms with Crippen LogP contribution in [-0.4, -0.2) is 27.8 Å². The molecular weight excluding hydrogens is 138 g/mol. The molecule has 0 bridgehead atoms. The molecule has 0 aromatic heterocycles. The predicted octanol–water partition coefficient (Wildman–Crippen LogP) is -3.00. The fourth-order valence-corrected chi connectivity index (χ4v) is 0.0915. The maximum Gasteiger partial charge on any atom is 1.00 e. The zero-order valence-corrected chi connectivity index (χ0v) is 5.59. The molecule has 0 atom stereocenters. The molecule has 0 fully saturated rings. The first-order valence-electron chi connectivity index (χ1n) is 2.04. The van der Waals surface area contributed by atoms with Gasteiger partial charge in [0.2, 0.25) is 0 Å². The van der Waals surface area contributed by atoms with E-state index in [2.05, 4.69) is 0 Å². The van der Waals surface area contributed by atoms with Crippen LogP contribution in [0.25, 0.3) is 0 Å². The molecule has 0 unspecified atom stereocenters. The monoisotopic (exact) mass is 144 g/mol. The van der Waals surface area contributed by atoms with Crippen molar-refractivity contribution in [3.63, 3.8) is 0 Å². The summed E-state index contributed by atoms with van der Waals surface area (Å²) in [4.78, 5) is 19.4. The van der Waals surface area contributed by atoms with Gasteiger partial charge in [0.25, 0.3) is 5.67 Å². The molecular formula is C4H6FLiO4. The van der Waals surface area contributed by atoms with Crippen molar-refractivity contribution in [3.05, 3.63) is 0 Å². The molecule has 10 heavy (non-hydrogen) atoms. The van der Waals surface area contributed by atoms with Crippen molar-refractivity contribution in [2.24, 2.45) is 0 Å². The van der Waals surface area contributed by atoms with E-state index in [9.17, 15) is 14.0 Å². The van der Waals surface area contributed by atoms with Gasteiger partial charge in [0.1, 0.15) is 0 Å². The summed E-state index contributed by atoms with van der Waals surface area (Å²) in [6.07, 6.45) is 0. The van der Waals surface area contributed by atoms with Crippen molar-refractivity contribution in [1.29, 1.82) is 0 Å². The first-order valence-corrected chi connectivity index (χ1v) is 2.04. The van der Waals surface area contributed by atoms with Crippen LogP contribution in [0.4, 0.5) is 4.39 Å². The van der Waals surface area contributed by atoms with Gasteiger partial charge in [-0.3, -0.25) is 0 Å². The predicted molar refractivity (Wildman–Crippen MR) is 25.9 cm³/mol. The molecule has 0 spiro atoms. The molecule has 0 aromatic rings. The van der Waals surface area contributed by atoms with Crippen molar-refractivity contribution < 1.29 is 44.5 Å². The summed E-state index contributed by atoms with van der Waals surface area (Å²) in [7, 11) is 0. The fraction of sp³-hybridized carbons (Fsp3) is 0.500. The van der Waals surface area contributed by atoms with Crippen LogP contribution in [0.1, 0.15) is 8.35 Å².